The Labute approximate surface area is 106 Å². The number of aliphatic carboxylic acids is 1. The van der Waals surface area contributed by atoms with Crippen molar-refractivity contribution in [2.75, 3.05) is 6.61 Å². The Morgan fingerprint density at radius 2 is 1.94 bits per heavy atom. The molecule has 1 aromatic carbocycles. The summed E-state index contributed by atoms with van der Waals surface area (Å²) in [5.74, 6) is -0.520. The Morgan fingerprint density at radius 1 is 1.33 bits per heavy atom. The first-order chi connectivity index (χ1) is 8.52. The fraction of sp³-hybridized carbons (Fsp3) is 0.385. The van der Waals surface area contributed by atoms with Gasteiger partial charge >= 0.3 is 5.97 Å². The smallest absolute Gasteiger partial charge is 0.305 e. The highest BCUT2D eigenvalue weighted by molar-refractivity contribution is 5.94. The molecule has 18 heavy (non-hydrogen) atoms. The van der Waals surface area contributed by atoms with Gasteiger partial charge < -0.3 is 15.2 Å². The number of ether oxygens (including phenoxy) is 1. The number of rotatable bonds is 6. The highest BCUT2D eigenvalue weighted by Gasteiger charge is 2.12. The second kappa shape index (κ2) is 6.64. The van der Waals surface area contributed by atoms with Gasteiger partial charge in [0.25, 0.3) is 5.91 Å². The molecule has 0 saturated heterocycles. The van der Waals surface area contributed by atoms with E-state index in [1.165, 1.54) is 0 Å². The van der Waals surface area contributed by atoms with E-state index in [2.05, 4.69) is 5.32 Å². The van der Waals surface area contributed by atoms with Crippen LogP contribution in [0.5, 0.6) is 5.75 Å². The van der Waals surface area contributed by atoms with Crippen LogP contribution in [0.2, 0.25) is 0 Å². The minimum Gasteiger partial charge on any atom is -0.494 e. The van der Waals surface area contributed by atoms with Crippen LogP contribution < -0.4 is 10.1 Å². The molecule has 98 valence electrons. The number of hydrogen-bond donors (Lipinski definition) is 2. The molecule has 0 radical (unpaired) electrons. The van der Waals surface area contributed by atoms with Gasteiger partial charge in [-0.25, -0.2) is 0 Å². The van der Waals surface area contributed by atoms with Gasteiger partial charge in [0.05, 0.1) is 13.0 Å². The van der Waals surface area contributed by atoms with Crippen molar-refractivity contribution in [1.29, 1.82) is 0 Å². The molecule has 0 heterocycles. The highest BCUT2D eigenvalue weighted by atomic mass is 16.5. The SMILES string of the molecule is CCOc1ccc(C(=O)NC(C)CC(=O)O)cc1. The van der Waals surface area contributed by atoms with Crippen molar-refractivity contribution >= 4 is 11.9 Å². The van der Waals surface area contributed by atoms with Gasteiger partial charge in [-0.05, 0) is 38.1 Å². The average molecular weight is 251 g/mol. The first-order valence-electron chi connectivity index (χ1n) is 5.78. The van der Waals surface area contributed by atoms with E-state index in [-0.39, 0.29) is 12.3 Å². The predicted molar refractivity (Wildman–Crippen MR) is 66.8 cm³/mol. The van der Waals surface area contributed by atoms with Gasteiger partial charge in [-0.15, -0.1) is 0 Å². The fourth-order valence-corrected chi connectivity index (χ4v) is 1.49. The van der Waals surface area contributed by atoms with Crippen LogP contribution in [-0.4, -0.2) is 29.6 Å². The zero-order chi connectivity index (χ0) is 13.5. The number of amides is 1. The molecule has 0 aromatic heterocycles. The number of nitrogens with one attached hydrogen (secondary N) is 1. The summed E-state index contributed by atoms with van der Waals surface area (Å²) in [6.45, 7) is 4.11. The molecule has 1 rings (SSSR count). The Hall–Kier alpha value is -2.04. The number of carboxylic acids is 1. The van der Waals surface area contributed by atoms with Crippen LogP contribution in [-0.2, 0) is 4.79 Å². The van der Waals surface area contributed by atoms with Gasteiger partial charge in [-0.3, -0.25) is 9.59 Å². The summed E-state index contributed by atoms with van der Waals surface area (Å²) in [6, 6.07) is 6.31. The number of hydrogen-bond acceptors (Lipinski definition) is 3. The third kappa shape index (κ3) is 4.45. The molecule has 1 unspecified atom stereocenters. The molecule has 5 nitrogen and oxygen atoms in total. The fourth-order valence-electron chi connectivity index (χ4n) is 1.49. The first-order valence-corrected chi connectivity index (χ1v) is 5.78. The monoisotopic (exact) mass is 251 g/mol. The molecule has 0 fully saturated rings. The Balaban J connectivity index is 2.58. The van der Waals surface area contributed by atoms with Crippen LogP contribution in [0, 0.1) is 0 Å². The van der Waals surface area contributed by atoms with Crippen molar-refractivity contribution in [2.45, 2.75) is 26.3 Å². The summed E-state index contributed by atoms with van der Waals surface area (Å²) < 4.78 is 5.26. The lowest BCUT2D eigenvalue weighted by Gasteiger charge is -2.11. The van der Waals surface area contributed by atoms with Gasteiger partial charge in [-0.1, -0.05) is 0 Å². The molecule has 1 atom stereocenters. The van der Waals surface area contributed by atoms with Crippen molar-refractivity contribution in [1.82, 2.24) is 5.32 Å². The van der Waals surface area contributed by atoms with Gasteiger partial charge in [0.1, 0.15) is 5.75 Å². The van der Waals surface area contributed by atoms with E-state index in [0.29, 0.717) is 17.9 Å². The minimum absolute atomic E-state index is 0.0945. The molecular formula is C13H17NO4. The van der Waals surface area contributed by atoms with E-state index < -0.39 is 12.0 Å². The molecular weight excluding hydrogens is 234 g/mol. The lowest BCUT2D eigenvalue weighted by atomic mass is 10.1. The van der Waals surface area contributed by atoms with E-state index in [9.17, 15) is 9.59 Å². The molecule has 5 heteroatoms. The highest BCUT2D eigenvalue weighted by Crippen LogP contribution is 2.12. The molecule has 0 aliphatic heterocycles. The lowest BCUT2D eigenvalue weighted by molar-refractivity contribution is -0.137. The molecule has 1 amide bonds. The number of benzene rings is 1. The molecule has 2 N–H and O–H groups in total. The zero-order valence-corrected chi connectivity index (χ0v) is 10.5. The molecule has 1 aromatic rings. The van der Waals surface area contributed by atoms with E-state index >= 15 is 0 Å². The van der Waals surface area contributed by atoms with Gasteiger partial charge in [0, 0.05) is 11.6 Å². The molecule has 0 spiro atoms. The zero-order valence-electron chi connectivity index (χ0n) is 10.5. The summed E-state index contributed by atoms with van der Waals surface area (Å²) in [6.07, 6.45) is -0.0945. The van der Waals surface area contributed by atoms with Crippen LogP contribution in [0.15, 0.2) is 24.3 Å². The number of carbonyl (C=O) groups excluding carboxylic acids is 1. The Kier molecular flexibility index (Phi) is 5.17. The Morgan fingerprint density at radius 3 is 2.44 bits per heavy atom. The van der Waals surface area contributed by atoms with Crippen molar-refractivity contribution in [3.8, 4) is 5.75 Å². The van der Waals surface area contributed by atoms with Crippen molar-refractivity contribution < 1.29 is 19.4 Å². The average Bonchev–Trinajstić information content (AvgIpc) is 2.29. The summed E-state index contributed by atoms with van der Waals surface area (Å²) in [5.41, 5.74) is 0.482. The van der Waals surface area contributed by atoms with E-state index in [1.807, 2.05) is 6.92 Å². The third-order valence-electron chi connectivity index (χ3n) is 2.29. The molecule has 0 bridgehead atoms. The van der Waals surface area contributed by atoms with Gasteiger partial charge in [0.15, 0.2) is 0 Å². The normalized spacial score (nSPS) is 11.7. The van der Waals surface area contributed by atoms with Gasteiger partial charge in [-0.2, -0.15) is 0 Å². The maximum absolute atomic E-state index is 11.8. The molecule has 0 saturated carbocycles. The van der Waals surface area contributed by atoms with Gasteiger partial charge in [0.2, 0.25) is 0 Å². The summed E-state index contributed by atoms with van der Waals surface area (Å²) >= 11 is 0. The standard InChI is InChI=1S/C13H17NO4/c1-3-18-11-6-4-10(5-7-11)13(17)14-9(2)8-12(15)16/h4-7,9H,3,8H2,1-2H3,(H,14,17)(H,15,16). The van der Waals surface area contributed by atoms with Crippen LogP contribution in [0.4, 0.5) is 0 Å². The summed E-state index contributed by atoms with van der Waals surface area (Å²) in [4.78, 5) is 22.2. The third-order valence-corrected chi connectivity index (χ3v) is 2.29. The van der Waals surface area contributed by atoms with E-state index in [4.69, 9.17) is 9.84 Å². The van der Waals surface area contributed by atoms with Crippen molar-refractivity contribution in [2.24, 2.45) is 0 Å². The summed E-state index contributed by atoms with van der Waals surface area (Å²) in [7, 11) is 0. The topological polar surface area (TPSA) is 75.6 Å². The van der Waals surface area contributed by atoms with Crippen molar-refractivity contribution in [3.05, 3.63) is 29.8 Å². The van der Waals surface area contributed by atoms with Crippen LogP contribution in [0.3, 0.4) is 0 Å². The maximum Gasteiger partial charge on any atom is 0.305 e. The second-order valence-electron chi connectivity index (χ2n) is 3.93. The predicted octanol–water partition coefficient (Wildman–Crippen LogP) is 1.68. The van der Waals surface area contributed by atoms with E-state index in [1.54, 1.807) is 31.2 Å². The summed E-state index contributed by atoms with van der Waals surface area (Å²) in [5, 5.41) is 11.2. The maximum atomic E-state index is 11.8. The number of carbonyl (C=O) groups is 2. The molecule has 0 aliphatic carbocycles. The minimum atomic E-state index is -0.936. The molecule has 0 aliphatic rings. The van der Waals surface area contributed by atoms with E-state index in [0.717, 1.165) is 0 Å². The first kappa shape index (κ1) is 14.0. The largest absolute Gasteiger partial charge is 0.494 e. The van der Waals surface area contributed by atoms with Crippen LogP contribution in [0.25, 0.3) is 0 Å². The number of carboxylic acid groups (broad SMARTS) is 1. The van der Waals surface area contributed by atoms with Crippen LogP contribution >= 0.6 is 0 Å². The van der Waals surface area contributed by atoms with Crippen LogP contribution in [0.1, 0.15) is 30.6 Å². The lowest BCUT2D eigenvalue weighted by Crippen LogP contribution is -2.34. The Bertz CT molecular complexity index is 414. The quantitative estimate of drug-likeness (QED) is 0.806. The second-order valence-corrected chi connectivity index (χ2v) is 3.93. The van der Waals surface area contributed by atoms with Crippen molar-refractivity contribution in [3.63, 3.8) is 0 Å².